The summed E-state index contributed by atoms with van der Waals surface area (Å²) >= 11 is 0. The van der Waals surface area contributed by atoms with Gasteiger partial charge in [-0.15, -0.1) is 0 Å². The summed E-state index contributed by atoms with van der Waals surface area (Å²) in [5.41, 5.74) is 1.62. The number of carbonyl (C=O) groups is 1. The van der Waals surface area contributed by atoms with E-state index in [0.717, 1.165) is 11.1 Å². The summed E-state index contributed by atoms with van der Waals surface area (Å²) in [5.74, 6) is 1.09. The summed E-state index contributed by atoms with van der Waals surface area (Å²) in [7, 11) is 1.59. The molecular formula is C20H18FN3O3. The lowest BCUT2D eigenvalue weighted by Gasteiger charge is -2.15. The maximum absolute atomic E-state index is 13.0. The van der Waals surface area contributed by atoms with E-state index in [1.165, 1.54) is 12.1 Å². The van der Waals surface area contributed by atoms with Crippen molar-refractivity contribution < 1.29 is 18.4 Å². The van der Waals surface area contributed by atoms with Crippen LogP contribution >= 0.6 is 0 Å². The van der Waals surface area contributed by atoms with E-state index in [4.69, 9.17) is 9.26 Å². The summed E-state index contributed by atoms with van der Waals surface area (Å²) in [6, 6.07) is 13.6. The number of para-hydroxylation sites is 1. The van der Waals surface area contributed by atoms with Crippen LogP contribution in [0.5, 0.6) is 5.75 Å². The van der Waals surface area contributed by atoms with E-state index in [-0.39, 0.29) is 17.6 Å². The number of benzene rings is 2. The molecule has 0 aliphatic carbocycles. The van der Waals surface area contributed by atoms with Gasteiger partial charge in [-0.1, -0.05) is 29.4 Å². The number of ether oxygens (including phenoxy) is 1. The molecule has 0 radical (unpaired) electrons. The predicted molar refractivity (Wildman–Crippen MR) is 95.5 cm³/mol. The fraction of sp³-hybridized carbons (Fsp3) is 0.250. The molecule has 0 spiro atoms. The molecule has 0 saturated carbocycles. The molecule has 1 unspecified atom stereocenters. The van der Waals surface area contributed by atoms with Gasteiger partial charge < -0.3 is 14.2 Å². The molecule has 2 aromatic carbocycles. The molecule has 1 aromatic heterocycles. The van der Waals surface area contributed by atoms with Crippen LogP contribution in [0, 0.1) is 5.82 Å². The molecule has 1 aliphatic heterocycles. The number of aromatic nitrogens is 2. The summed E-state index contributed by atoms with van der Waals surface area (Å²) in [6.07, 6.45) is 0.314. The number of carbonyl (C=O) groups excluding carboxylic acids is 1. The minimum Gasteiger partial charge on any atom is -0.496 e. The van der Waals surface area contributed by atoms with E-state index in [2.05, 4.69) is 10.1 Å². The molecule has 1 amide bonds. The van der Waals surface area contributed by atoms with E-state index in [1.807, 2.05) is 24.3 Å². The van der Waals surface area contributed by atoms with Crippen LogP contribution in [0.4, 0.5) is 4.39 Å². The molecule has 1 atom stereocenters. The first-order valence-corrected chi connectivity index (χ1v) is 8.63. The van der Waals surface area contributed by atoms with Gasteiger partial charge in [0.1, 0.15) is 11.6 Å². The second-order valence-corrected chi connectivity index (χ2v) is 6.46. The van der Waals surface area contributed by atoms with Crippen molar-refractivity contribution in [2.24, 2.45) is 0 Å². The highest BCUT2D eigenvalue weighted by Crippen LogP contribution is 2.32. The maximum atomic E-state index is 13.0. The number of hydrogen-bond donors (Lipinski definition) is 0. The van der Waals surface area contributed by atoms with E-state index in [1.54, 1.807) is 24.1 Å². The van der Waals surface area contributed by atoms with Crippen LogP contribution in [0.2, 0.25) is 0 Å². The number of nitrogens with zero attached hydrogens (tertiary/aromatic N) is 3. The van der Waals surface area contributed by atoms with Crippen molar-refractivity contribution in [3.63, 3.8) is 0 Å². The Labute approximate surface area is 155 Å². The van der Waals surface area contributed by atoms with Crippen LogP contribution in [-0.4, -0.2) is 34.6 Å². The SMILES string of the molecule is COc1ccccc1-c1noc(C2CC(=O)N(Cc3ccc(F)cc3)C2)n1. The number of likely N-dealkylation sites (tertiary alicyclic amines) is 1. The lowest BCUT2D eigenvalue weighted by Crippen LogP contribution is -2.24. The number of hydrogen-bond acceptors (Lipinski definition) is 5. The zero-order valence-corrected chi connectivity index (χ0v) is 14.8. The first kappa shape index (κ1) is 17.2. The molecular weight excluding hydrogens is 349 g/mol. The van der Waals surface area contributed by atoms with Crippen molar-refractivity contribution in [3.8, 4) is 17.1 Å². The minimum atomic E-state index is -0.292. The quantitative estimate of drug-likeness (QED) is 0.691. The normalized spacial score (nSPS) is 16.7. The van der Waals surface area contributed by atoms with E-state index >= 15 is 0 Å². The van der Waals surface area contributed by atoms with Crippen molar-refractivity contribution >= 4 is 5.91 Å². The van der Waals surface area contributed by atoms with Gasteiger partial charge in [0.25, 0.3) is 0 Å². The van der Waals surface area contributed by atoms with Crippen molar-refractivity contribution in [1.29, 1.82) is 0 Å². The van der Waals surface area contributed by atoms with Gasteiger partial charge in [-0.25, -0.2) is 4.39 Å². The summed E-state index contributed by atoms with van der Waals surface area (Å²) in [4.78, 5) is 18.5. The number of methoxy groups -OCH3 is 1. The largest absolute Gasteiger partial charge is 0.496 e. The zero-order valence-electron chi connectivity index (χ0n) is 14.8. The molecule has 4 rings (SSSR count). The molecule has 0 bridgehead atoms. The van der Waals surface area contributed by atoms with Crippen molar-refractivity contribution in [2.45, 2.75) is 18.9 Å². The standard InChI is InChI=1S/C20H18FN3O3/c1-26-17-5-3-2-4-16(17)19-22-20(27-23-19)14-10-18(25)24(12-14)11-13-6-8-15(21)9-7-13/h2-9,14H,10-12H2,1H3. The number of halogens is 1. The summed E-state index contributed by atoms with van der Waals surface area (Å²) in [6.45, 7) is 0.923. The van der Waals surface area contributed by atoms with Crippen LogP contribution in [0.15, 0.2) is 53.1 Å². The van der Waals surface area contributed by atoms with E-state index < -0.39 is 0 Å². The van der Waals surface area contributed by atoms with Gasteiger partial charge >= 0.3 is 0 Å². The van der Waals surface area contributed by atoms with Gasteiger partial charge in [0.2, 0.25) is 17.6 Å². The smallest absolute Gasteiger partial charge is 0.232 e. The van der Waals surface area contributed by atoms with E-state index in [9.17, 15) is 9.18 Å². The Balaban J connectivity index is 1.49. The molecule has 1 saturated heterocycles. The molecule has 2 heterocycles. The zero-order chi connectivity index (χ0) is 18.8. The summed E-state index contributed by atoms with van der Waals surface area (Å²) in [5, 5.41) is 4.05. The molecule has 6 nitrogen and oxygen atoms in total. The Morgan fingerprint density at radius 1 is 1.22 bits per heavy atom. The van der Waals surface area contributed by atoms with Gasteiger partial charge in [-0.2, -0.15) is 4.98 Å². The van der Waals surface area contributed by atoms with Crippen LogP contribution in [0.3, 0.4) is 0 Å². The predicted octanol–water partition coefficient (Wildman–Crippen LogP) is 3.40. The Morgan fingerprint density at radius 2 is 2.00 bits per heavy atom. The lowest BCUT2D eigenvalue weighted by atomic mass is 10.1. The maximum Gasteiger partial charge on any atom is 0.232 e. The van der Waals surface area contributed by atoms with Crippen molar-refractivity contribution in [1.82, 2.24) is 15.0 Å². The highest BCUT2D eigenvalue weighted by molar-refractivity contribution is 5.79. The Morgan fingerprint density at radius 3 is 2.78 bits per heavy atom. The third kappa shape index (κ3) is 3.53. The lowest BCUT2D eigenvalue weighted by molar-refractivity contribution is -0.128. The number of rotatable bonds is 5. The fourth-order valence-electron chi connectivity index (χ4n) is 3.24. The van der Waals surface area contributed by atoms with Crippen molar-refractivity contribution in [2.75, 3.05) is 13.7 Å². The molecule has 138 valence electrons. The first-order chi connectivity index (χ1) is 13.1. The molecule has 1 fully saturated rings. The molecule has 7 heteroatoms. The van der Waals surface area contributed by atoms with Gasteiger partial charge in [0.05, 0.1) is 18.6 Å². The van der Waals surface area contributed by atoms with Gasteiger partial charge in [0.15, 0.2) is 0 Å². The van der Waals surface area contributed by atoms with Gasteiger partial charge in [0, 0.05) is 19.5 Å². The highest BCUT2D eigenvalue weighted by Gasteiger charge is 2.34. The van der Waals surface area contributed by atoms with Crippen LogP contribution in [0.1, 0.15) is 23.8 Å². The van der Waals surface area contributed by atoms with Gasteiger partial charge in [-0.05, 0) is 29.8 Å². The number of amides is 1. The van der Waals surface area contributed by atoms with Crippen LogP contribution < -0.4 is 4.74 Å². The van der Waals surface area contributed by atoms with Crippen molar-refractivity contribution in [3.05, 3.63) is 65.8 Å². The third-order valence-corrected chi connectivity index (χ3v) is 4.64. The van der Waals surface area contributed by atoms with Gasteiger partial charge in [-0.3, -0.25) is 4.79 Å². The van der Waals surface area contributed by atoms with E-state index in [0.29, 0.717) is 37.0 Å². The average Bonchev–Trinajstić information content (AvgIpc) is 3.31. The third-order valence-electron chi connectivity index (χ3n) is 4.64. The molecule has 0 N–H and O–H groups in total. The van der Waals surface area contributed by atoms with Crippen LogP contribution in [-0.2, 0) is 11.3 Å². The molecule has 3 aromatic rings. The Kier molecular flexibility index (Phi) is 4.58. The molecule has 1 aliphatic rings. The average molecular weight is 367 g/mol. The monoisotopic (exact) mass is 367 g/mol. The Bertz CT molecular complexity index is 955. The minimum absolute atomic E-state index is 0.0152. The molecule has 27 heavy (non-hydrogen) atoms. The topological polar surface area (TPSA) is 68.5 Å². The highest BCUT2D eigenvalue weighted by atomic mass is 19.1. The fourth-order valence-corrected chi connectivity index (χ4v) is 3.24. The first-order valence-electron chi connectivity index (χ1n) is 8.63. The second-order valence-electron chi connectivity index (χ2n) is 6.46. The summed E-state index contributed by atoms with van der Waals surface area (Å²) < 4.78 is 23.8. The van der Waals surface area contributed by atoms with Crippen LogP contribution in [0.25, 0.3) is 11.4 Å². The second kappa shape index (κ2) is 7.19. The Hall–Kier alpha value is -3.22.